The zero-order valence-electron chi connectivity index (χ0n) is 13.9. The lowest BCUT2D eigenvalue weighted by atomic mass is 9.97. The molecule has 1 aliphatic heterocycles. The number of hydrogen-bond acceptors (Lipinski definition) is 3. The van der Waals surface area contributed by atoms with E-state index in [1.165, 1.54) is 31.5 Å². The van der Waals surface area contributed by atoms with Crippen LogP contribution in [0.4, 0.5) is 5.69 Å². The molecule has 2 fully saturated rings. The number of nitrogens with zero attached hydrogens (tertiary/aromatic N) is 1. The highest BCUT2D eigenvalue weighted by molar-refractivity contribution is 5.91. The number of nitrogens with one attached hydrogen (secondary N) is 1. The molecular formula is C19H28N2O2. The SMILES string of the molecule is O=C(CC1(O)CCCC1)Nc1cccc(CCN2CCCC2)c1. The van der Waals surface area contributed by atoms with Gasteiger partial charge in [-0.25, -0.2) is 0 Å². The van der Waals surface area contributed by atoms with Crippen molar-refractivity contribution < 1.29 is 9.90 Å². The van der Waals surface area contributed by atoms with Crippen LogP contribution in [0.15, 0.2) is 24.3 Å². The highest BCUT2D eigenvalue weighted by Gasteiger charge is 2.33. The van der Waals surface area contributed by atoms with Gasteiger partial charge in [-0.15, -0.1) is 0 Å². The van der Waals surface area contributed by atoms with Crippen molar-refractivity contribution in [2.75, 3.05) is 25.0 Å². The van der Waals surface area contributed by atoms with E-state index in [4.69, 9.17) is 0 Å². The minimum Gasteiger partial charge on any atom is -0.389 e. The first-order chi connectivity index (χ1) is 11.1. The maximum absolute atomic E-state index is 12.2. The maximum atomic E-state index is 12.2. The van der Waals surface area contributed by atoms with Crippen LogP contribution in [-0.4, -0.2) is 41.1 Å². The number of hydrogen-bond donors (Lipinski definition) is 2. The molecule has 4 nitrogen and oxygen atoms in total. The van der Waals surface area contributed by atoms with Crippen LogP contribution < -0.4 is 5.32 Å². The lowest BCUT2D eigenvalue weighted by Gasteiger charge is -2.21. The average molecular weight is 316 g/mol. The van der Waals surface area contributed by atoms with Crippen molar-refractivity contribution in [2.24, 2.45) is 0 Å². The van der Waals surface area contributed by atoms with Crippen LogP contribution in [-0.2, 0) is 11.2 Å². The Balaban J connectivity index is 1.51. The molecule has 1 aliphatic carbocycles. The summed E-state index contributed by atoms with van der Waals surface area (Å²) >= 11 is 0. The van der Waals surface area contributed by atoms with Gasteiger partial charge in [0.2, 0.25) is 5.91 Å². The van der Waals surface area contributed by atoms with E-state index < -0.39 is 5.60 Å². The van der Waals surface area contributed by atoms with Gasteiger partial charge in [0.25, 0.3) is 0 Å². The molecule has 0 aromatic heterocycles. The van der Waals surface area contributed by atoms with Crippen molar-refractivity contribution >= 4 is 11.6 Å². The van der Waals surface area contributed by atoms with Gasteiger partial charge in [0.15, 0.2) is 0 Å². The summed E-state index contributed by atoms with van der Waals surface area (Å²) < 4.78 is 0. The molecule has 1 amide bonds. The molecule has 23 heavy (non-hydrogen) atoms. The summed E-state index contributed by atoms with van der Waals surface area (Å²) in [6.07, 6.45) is 7.41. The van der Waals surface area contributed by atoms with Gasteiger partial charge in [0, 0.05) is 12.2 Å². The van der Waals surface area contributed by atoms with Crippen molar-refractivity contribution in [3.8, 4) is 0 Å². The second kappa shape index (κ2) is 7.45. The van der Waals surface area contributed by atoms with Crippen LogP contribution in [0.3, 0.4) is 0 Å². The summed E-state index contributed by atoms with van der Waals surface area (Å²) in [6.45, 7) is 3.53. The molecule has 0 atom stereocenters. The van der Waals surface area contributed by atoms with Crippen LogP contribution in [0, 0.1) is 0 Å². The summed E-state index contributed by atoms with van der Waals surface area (Å²) in [5.74, 6) is -0.0777. The van der Waals surface area contributed by atoms with Crippen LogP contribution in [0.25, 0.3) is 0 Å². The molecular weight excluding hydrogens is 288 g/mol. The third-order valence-corrected chi connectivity index (χ3v) is 5.15. The number of anilines is 1. The largest absolute Gasteiger partial charge is 0.389 e. The van der Waals surface area contributed by atoms with Crippen molar-refractivity contribution in [3.63, 3.8) is 0 Å². The fraction of sp³-hybridized carbons (Fsp3) is 0.632. The molecule has 4 heteroatoms. The second-order valence-corrected chi connectivity index (χ2v) is 7.16. The Morgan fingerprint density at radius 3 is 2.65 bits per heavy atom. The van der Waals surface area contributed by atoms with Crippen LogP contribution >= 0.6 is 0 Å². The first-order valence-electron chi connectivity index (χ1n) is 8.97. The highest BCUT2D eigenvalue weighted by Crippen LogP contribution is 2.32. The molecule has 2 N–H and O–H groups in total. The van der Waals surface area contributed by atoms with Gasteiger partial charge in [-0.05, 0) is 62.9 Å². The van der Waals surface area contributed by atoms with Crippen molar-refractivity contribution in [1.29, 1.82) is 0 Å². The van der Waals surface area contributed by atoms with Gasteiger partial charge in [-0.1, -0.05) is 25.0 Å². The smallest absolute Gasteiger partial charge is 0.227 e. The number of benzene rings is 1. The summed E-state index contributed by atoms with van der Waals surface area (Å²) in [5.41, 5.74) is 1.32. The van der Waals surface area contributed by atoms with Gasteiger partial charge in [0.05, 0.1) is 12.0 Å². The molecule has 0 spiro atoms. The highest BCUT2D eigenvalue weighted by atomic mass is 16.3. The van der Waals surface area contributed by atoms with E-state index in [1.54, 1.807) is 0 Å². The summed E-state index contributed by atoms with van der Waals surface area (Å²) in [5, 5.41) is 13.3. The minimum atomic E-state index is -0.780. The first kappa shape index (κ1) is 16.5. The molecule has 2 aliphatic rings. The fourth-order valence-electron chi connectivity index (χ4n) is 3.81. The zero-order valence-corrected chi connectivity index (χ0v) is 13.9. The van der Waals surface area contributed by atoms with Crippen molar-refractivity contribution in [1.82, 2.24) is 4.90 Å². The van der Waals surface area contributed by atoms with Crippen molar-refractivity contribution in [2.45, 2.75) is 57.0 Å². The zero-order chi connectivity index (χ0) is 16.1. The Labute approximate surface area is 138 Å². The average Bonchev–Trinajstić information content (AvgIpc) is 3.17. The molecule has 1 aromatic carbocycles. The number of aliphatic hydroxyl groups is 1. The Morgan fingerprint density at radius 1 is 1.17 bits per heavy atom. The van der Waals surface area contributed by atoms with Gasteiger partial charge in [-0.3, -0.25) is 4.79 Å². The standard InChI is InChI=1S/C19H28N2O2/c22-18(15-19(23)9-1-2-10-19)20-17-7-5-6-16(14-17)8-13-21-11-3-4-12-21/h5-7,14,23H,1-4,8-13,15H2,(H,20,22). The van der Waals surface area contributed by atoms with Gasteiger partial charge in [-0.2, -0.15) is 0 Å². The maximum Gasteiger partial charge on any atom is 0.227 e. The first-order valence-corrected chi connectivity index (χ1v) is 8.97. The summed E-state index contributed by atoms with van der Waals surface area (Å²) in [4.78, 5) is 14.7. The minimum absolute atomic E-state index is 0.0777. The van der Waals surface area contributed by atoms with Gasteiger partial charge < -0.3 is 15.3 Å². The Morgan fingerprint density at radius 2 is 1.91 bits per heavy atom. The van der Waals surface area contributed by atoms with Gasteiger partial charge in [0.1, 0.15) is 0 Å². The Bertz CT molecular complexity index is 532. The molecule has 1 heterocycles. The molecule has 0 radical (unpaired) electrons. The Kier molecular flexibility index (Phi) is 5.34. The van der Waals surface area contributed by atoms with E-state index in [0.29, 0.717) is 0 Å². The molecule has 1 aromatic rings. The van der Waals surface area contributed by atoms with Crippen LogP contribution in [0.2, 0.25) is 0 Å². The van der Waals surface area contributed by atoms with E-state index in [1.807, 2.05) is 12.1 Å². The topological polar surface area (TPSA) is 52.6 Å². The molecule has 0 unspecified atom stereocenters. The Hall–Kier alpha value is -1.39. The van der Waals surface area contributed by atoms with E-state index in [9.17, 15) is 9.90 Å². The number of carbonyl (C=O) groups is 1. The molecule has 1 saturated carbocycles. The number of carbonyl (C=O) groups excluding carboxylic acids is 1. The van der Waals surface area contributed by atoms with E-state index in [-0.39, 0.29) is 12.3 Å². The predicted molar refractivity (Wildman–Crippen MR) is 92.5 cm³/mol. The third-order valence-electron chi connectivity index (χ3n) is 5.15. The third kappa shape index (κ3) is 4.79. The number of amides is 1. The van der Waals surface area contributed by atoms with Crippen LogP contribution in [0.1, 0.15) is 50.5 Å². The lowest BCUT2D eigenvalue weighted by Crippen LogP contribution is -2.30. The molecule has 126 valence electrons. The normalized spacial score (nSPS) is 20.7. The van der Waals surface area contributed by atoms with E-state index in [2.05, 4.69) is 22.3 Å². The van der Waals surface area contributed by atoms with Crippen molar-refractivity contribution in [3.05, 3.63) is 29.8 Å². The fourth-order valence-corrected chi connectivity index (χ4v) is 3.81. The number of likely N-dealkylation sites (tertiary alicyclic amines) is 1. The number of rotatable bonds is 6. The van der Waals surface area contributed by atoms with Crippen LogP contribution in [0.5, 0.6) is 0 Å². The summed E-state index contributed by atoms with van der Waals surface area (Å²) in [7, 11) is 0. The lowest BCUT2D eigenvalue weighted by molar-refractivity contribution is -0.120. The second-order valence-electron chi connectivity index (χ2n) is 7.16. The molecule has 1 saturated heterocycles. The monoisotopic (exact) mass is 316 g/mol. The molecule has 0 bridgehead atoms. The quantitative estimate of drug-likeness (QED) is 0.848. The van der Waals surface area contributed by atoms with E-state index in [0.717, 1.165) is 44.3 Å². The molecule has 3 rings (SSSR count). The summed E-state index contributed by atoms with van der Waals surface area (Å²) in [6, 6.07) is 8.11. The van der Waals surface area contributed by atoms with Gasteiger partial charge >= 0.3 is 0 Å². The predicted octanol–water partition coefficient (Wildman–Crippen LogP) is 2.96. The van der Waals surface area contributed by atoms with E-state index >= 15 is 0 Å².